The molecule has 0 amide bonds. The van der Waals surface area contributed by atoms with Gasteiger partial charge in [-0.2, -0.15) is 0 Å². The van der Waals surface area contributed by atoms with E-state index in [0.717, 1.165) is 21.9 Å². The van der Waals surface area contributed by atoms with Crippen LogP contribution in [0, 0.1) is 0 Å². The quantitative estimate of drug-likeness (QED) is 0.698. The van der Waals surface area contributed by atoms with Crippen LogP contribution in [0.2, 0.25) is 4.47 Å². The number of methoxy groups -OCH3 is 1. The van der Waals surface area contributed by atoms with E-state index in [9.17, 15) is 0 Å². The molecule has 3 aromatic rings. The summed E-state index contributed by atoms with van der Waals surface area (Å²) >= 11 is 7.29. The Balaban J connectivity index is 1.89. The van der Waals surface area contributed by atoms with Crippen LogP contribution in [0.1, 0.15) is 10.6 Å². The third kappa shape index (κ3) is 3.67. The van der Waals surface area contributed by atoms with Crippen LogP contribution in [0.25, 0.3) is 11.3 Å². The van der Waals surface area contributed by atoms with Crippen LogP contribution in [0.3, 0.4) is 0 Å². The predicted molar refractivity (Wildman–Crippen MR) is 91.1 cm³/mol. The topological polar surface area (TPSA) is 67.5 Å². The van der Waals surface area contributed by atoms with E-state index < -0.39 is 0 Å². The maximum atomic E-state index is 9.16. The van der Waals surface area contributed by atoms with E-state index >= 15 is 0 Å². The molecule has 1 aromatic carbocycles. The highest BCUT2D eigenvalue weighted by Crippen LogP contribution is 2.33. The summed E-state index contributed by atoms with van der Waals surface area (Å²) in [6.07, 6.45) is 1.75. The first-order chi connectivity index (χ1) is 11.2. The van der Waals surface area contributed by atoms with Crippen molar-refractivity contribution < 1.29 is 14.3 Å². The van der Waals surface area contributed by atoms with Crippen LogP contribution in [0.15, 0.2) is 40.9 Å². The van der Waals surface area contributed by atoms with Crippen molar-refractivity contribution in [1.29, 1.82) is 0 Å². The van der Waals surface area contributed by atoms with E-state index in [1.807, 2.05) is 24.3 Å². The highest BCUT2D eigenvalue weighted by molar-refractivity contribution is 7.15. The van der Waals surface area contributed by atoms with Gasteiger partial charge in [0.15, 0.2) is 4.47 Å². The molecule has 0 bridgehead atoms. The first kappa shape index (κ1) is 15.9. The molecule has 2 N–H and O–H groups in total. The van der Waals surface area contributed by atoms with Crippen molar-refractivity contribution in [2.75, 3.05) is 12.4 Å². The van der Waals surface area contributed by atoms with E-state index in [1.54, 1.807) is 19.4 Å². The number of nitrogens with one attached hydrogen (secondary N) is 1. The number of halogens is 1. The molecule has 0 unspecified atom stereocenters. The summed E-state index contributed by atoms with van der Waals surface area (Å²) in [4.78, 5) is 5.06. The summed E-state index contributed by atoms with van der Waals surface area (Å²) in [6, 6.07) is 9.28. The van der Waals surface area contributed by atoms with E-state index in [-0.39, 0.29) is 6.61 Å². The van der Waals surface area contributed by atoms with Crippen LogP contribution >= 0.6 is 22.9 Å². The van der Waals surface area contributed by atoms with Gasteiger partial charge in [-0.3, -0.25) is 0 Å². The Morgan fingerprint density at radius 1 is 1.35 bits per heavy atom. The van der Waals surface area contributed by atoms with Crippen molar-refractivity contribution in [3.63, 3.8) is 0 Å². The number of nitrogens with zero attached hydrogens (tertiary/aromatic N) is 1. The lowest BCUT2D eigenvalue weighted by Gasteiger charge is -2.11. The monoisotopic (exact) mass is 350 g/mol. The number of rotatable bonds is 6. The number of ether oxygens (including phenoxy) is 1. The number of aliphatic hydroxyl groups is 1. The molecule has 5 nitrogen and oxygen atoms in total. The highest BCUT2D eigenvalue weighted by Gasteiger charge is 2.11. The molecule has 2 aromatic heterocycles. The van der Waals surface area contributed by atoms with Gasteiger partial charge < -0.3 is 19.6 Å². The van der Waals surface area contributed by atoms with Crippen molar-refractivity contribution in [3.8, 4) is 17.1 Å². The summed E-state index contributed by atoms with van der Waals surface area (Å²) in [5.41, 5.74) is 1.76. The summed E-state index contributed by atoms with van der Waals surface area (Å²) in [6.45, 7) is 0.469. The second-order valence-electron chi connectivity index (χ2n) is 4.77. The fourth-order valence-corrected chi connectivity index (χ4v) is 3.08. The summed E-state index contributed by atoms with van der Waals surface area (Å²) < 4.78 is 11.4. The predicted octanol–water partition coefficient (Wildman–Crippen LogP) is 4.17. The molecule has 0 saturated carbocycles. The smallest absolute Gasteiger partial charge is 0.183 e. The zero-order chi connectivity index (χ0) is 16.2. The molecule has 0 aliphatic carbocycles. The Labute approximate surface area is 142 Å². The SMILES string of the molecule is COc1ccc(-c2ccc(CO)o2)c(NCc2cnc(Cl)s2)c1. The standard InChI is InChI=1S/C16H15ClN2O3S/c1-21-10-2-4-13(15-5-3-11(9-20)22-15)14(6-10)18-7-12-8-19-16(17)23-12/h2-6,8,18,20H,7,9H2,1H3. The number of aromatic nitrogens is 1. The normalized spacial score (nSPS) is 10.7. The summed E-state index contributed by atoms with van der Waals surface area (Å²) in [5, 5.41) is 12.5. The number of furan rings is 1. The fraction of sp³-hybridized carbons (Fsp3) is 0.188. The van der Waals surface area contributed by atoms with Gasteiger partial charge in [0.25, 0.3) is 0 Å². The van der Waals surface area contributed by atoms with Gasteiger partial charge in [-0.05, 0) is 24.3 Å². The van der Waals surface area contributed by atoms with Crippen molar-refractivity contribution >= 4 is 28.6 Å². The Bertz CT molecular complexity index is 800. The average molecular weight is 351 g/mol. The number of benzene rings is 1. The van der Waals surface area contributed by atoms with E-state index in [2.05, 4.69) is 10.3 Å². The Morgan fingerprint density at radius 2 is 2.22 bits per heavy atom. The molecule has 0 fully saturated rings. The number of thiazole rings is 1. The summed E-state index contributed by atoms with van der Waals surface area (Å²) in [7, 11) is 1.62. The second kappa shape index (κ2) is 7.04. The van der Waals surface area contributed by atoms with Gasteiger partial charge in [0.05, 0.1) is 13.7 Å². The minimum absolute atomic E-state index is 0.127. The zero-order valence-electron chi connectivity index (χ0n) is 12.4. The van der Waals surface area contributed by atoms with Crippen molar-refractivity contribution in [2.24, 2.45) is 0 Å². The Hall–Kier alpha value is -2.02. The van der Waals surface area contributed by atoms with E-state index in [0.29, 0.717) is 22.5 Å². The van der Waals surface area contributed by atoms with E-state index in [1.165, 1.54) is 11.3 Å². The van der Waals surface area contributed by atoms with Crippen LogP contribution in [-0.2, 0) is 13.2 Å². The largest absolute Gasteiger partial charge is 0.497 e. The average Bonchev–Trinajstić information content (AvgIpc) is 3.21. The van der Waals surface area contributed by atoms with Crippen LogP contribution in [-0.4, -0.2) is 17.2 Å². The first-order valence-electron chi connectivity index (χ1n) is 6.91. The lowest BCUT2D eigenvalue weighted by molar-refractivity contribution is 0.248. The molecular formula is C16H15ClN2O3S. The molecule has 0 saturated heterocycles. The highest BCUT2D eigenvalue weighted by atomic mass is 35.5. The van der Waals surface area contributed by atoms with Crippen molar-refractivity contribution in [1.82, 2.24) is 4.98 Å². The van der Waals surface area contributed by atoms with E-state index in [4.69, 9.17) is 25.9 Å². The van der Waals surface area contributed by atoms with Crippen LogP contribution in [0.5, 0.6) is 5.75 Å². The molecule has 0 aliphatic rings. The molecule has 0 atom stereocenters. The van der Waals surface area contributed by atoms with Crippen molar-refractivity contribution in [3.05, 3.63) is 51.6 Å². The molecule has 2 heterocycles. The third-order valence-corrected chi connectivity index (χ3v) is 4.40. The van der Waals surface area contributed by atoms with Gasteiger partial charge >= 0.3 is 0 Å². The molecular weight excluding hydrogens is 336 g/mol. The second-order valence-corrected chi connectivity index (χ2v) is 6.47. The molecule has 0 radical (unpaired) electrons. The van der Waals surface area contributed by atoms with Gasteiger partial charge in [0.1, 0.15) is 23.9 Å². The van der Waals surface area contributed by atoms with Gasteiger partial charge in [0.2, 0.25) is 0 Å². The minimum atomic E-state index is -0.127. The summed E-state index contributed by atoms with van der Waals surface area (Å²) in [5.74, 6) is 1.95. The van der Waals surface area contributed by atoms with Crippen LogP contribution in [0.4, 0.5) is 5.69 Å². The fourth-order valence-electron chi connectivity index (χ4n) is 2.17. The minimum Gasteiger partial charge on any atom is -0.497 e. The molecule has 0 spiro atoms. The lowest BCUT2D eigenvalue weighted by Crippen LogP contribution is -2.00. The van der Waals surface area contributed by atoms with Gasteiger partial charge in [-0.25, -0.2) is 4.98 Å². The molecule has 0 aliphatic heterocycles. The maximum absolute atomic E-state index is 9.16. The lowest BCUT2D eigenvalue weighted by atomic mass is 10.1. The molecule has 3 rings (SSSR count). The number of aliphatic hydroxyl groups excluding tert-OH is 1. The van der Waals surface area contributed by atoms with Gasteiger partial charge in [0, 0.05) is 28.4 Å². The Kier molecular flexibility index (Phi) is 4.85. The Morgan fingerprint density at radius 3 is 2.87 bits per heavy atom. The maximum Gasteiger partial charge on any atom is 0.183 e. The third-order valence-electron chi connectivity index (χ3n) is 3.29. The van der Waals surface area contributed by atoms with Crippen LogP contribution < -0.4 is 10.1 Å². The number of hydrogen-bond acceptors (Lipinski definition) is 6. The van der Waals surface area contributed by atoms with Gasteiger partial charge in [-0.15, -0.1) is 11.3 Å². The van der Waals surface area contributed by atoms with Gasteiger partial charge in [-0.1, -0.05) is 11.6 Å². The first-order valence-corrected chi connectivity index (χ1v) is 8.11. The number of anilines is 1. The van der Waals surface area contributed by atoms with Crippen molar-refractivity contribution in [2.45, 2.75) is 13.2 Å². The zero-order valence-corrected chi connectivity index (χ0v) is 13.9. The molecule has 23 heavy (non-hydrogen) atoms. The number of hydrogen-bond donors (Lipinski definition) is 2. The molecule has 7 heteroatoms. The molecule has 120 valence electrons.